The first kappa shape index (κ1) is 21.4. The van der Waals surface area contributed by atoms with Gasteiger partial charge in [-0.1, -0.05) is 24.3 Å². The predicted molar refractivity (Wildman–Crippen MR) is 129 cm³/mol. The highest BCUT2D eigenvalue weighted by molar-refractivity contribution is 5.71. The van der Waals surface area contributed by atoms with E-state index in [-0.39, 0.29) is 0 Å². The maximum absolute atomic E-state index is 5.31. The quantitative estimate of drug-likeness (QED) is 0.377. The average Bonchev–Trinajstić information content (AvgIpc) is 3.50. The third-order valence-electron chi connectivity index (χ3n) is 5.76. The van der Waals surface area contributed by atoms with E-state index in [2.05, 4.69) is 54.4 Å². The smallest absolute Gasteiger partial charge is 0.197 e. The Kier molecular flexibility index (Phi) is 5.82. The average molecular weight is 456 g/mol. The summed E-state index contributed by atoms with van der Waals surface area (Å²) in [4.78, 5) is 11.5. The molecule has 9 nitrogen and oxygen atoms in total. The minimum absolute atomic E-state index is 0.635. The van der Waals surface area contributed by atoms with Crippen LogP contribution in [0.15, 0.2) is 67.3 Å². The van der Waals surface area contributed by atoms with E-state index in [0.29, 0.717) is 18.7 Å². The molecule has 5 rings (SSSR count). The van der Waals surface area contributed by atoms with Crippen LogP contribution in [0.3, 0.4) is 0 Å². The third kappa shape index (κ3) is 4.15. The van der Waals surface area contributed by atoms with Crippen molar-refractivity contribution in [2.45, 2.75) is 20.0 Å². The summed E-state index contributed by atoms with van der Waals surface area (Å²) in [5.41, 5.74) is 5.70. The molecular weight excluding hydrogens is 430 g/mol. The van der Waals surface area contributed by atoms with E-state index in [9.17, 15) is 0 Å². The molecule has 0 aliphatic carbocycles. The van der Waals surface area contributed by atoms with E-state index in [1.54, 1.807) is 26.7 Å². The summed E-state index contributed by atoms with van der Waals surface area (Å²) in [7, 11) is 3.33. The van der Waals surface area contributed by atoms with Gasteiger partial charge in [-0.25, -0.2) is 14.5 Å². The minimum Gasteiger partial charge on any atom is -0.497 e. The Morgan fingerprint density at radius 3 is 2.00 bits per heavy atom. The number of nitrogens with zero attached hydrogens (tertiary/aromatic N) is 6. The number of benzene rings is 2. The van der Waals surface area contributed by atoms with Crippen molar-refractivity contribution in [3.05, 3.63) is 84.1 Å². The van der Waals surface area contributed by atoms with Crippen molar-refractivity contribution in [3.8, 4) is 22.8 Å². The van der Waals surface area contributed by atoms with Gasteiger partial charge in [-0.3, -0.25) is 5.10 Å². The zero-order valence-corrected chi connectivity index (χ0v) is 19.3. The Labute approximate surface area is 197 Å². The topological polar surface area (TPSA) is 93.5 Å². The van der Waals surface area contributed by atoms with Crippen molar-refractivity contribution in [1.82, 2.24) is 29.8 Å². The Morgan fingerprint density at radius 2 is 1.47 bits per heavy atom. The molecule has 0 bridgehead atoms. The Bertz CT molecular complexity index is 1340. The molecule has 9 heteroatoms. The molecule has 0 amide bonds. The summed E-state index contributed by atoms with van der Waals surface area (Å²) in [6, 6.07) is 16.1. The van der Waals surface area contributed by atoms with Gasteiger partial charge in [-0.05, 0) is 42.3 Å². The number of aryl methyl sites for hydroxylation is 1. The van der Waals surface area contributed by atoms with Crippen molar-refractivity contribution in [2.24, 2.45) is 0 Å². The van der Waals surface area contributed by atoms with Gasteiger partial charge in [0.1, 0.15) is 17.8 Å². The number of hydrogen-bond acceptors (Lipinski definition) is 7. The Balaban J connectivity index is 1.55. The molecule has 0 unspecified atom stereocenters. The molecule has 0 aliphatic rings. The summed E-state index contributed by atoms with van der Waals surface area (Å²) < 4.78 is 12.4. The molecule has 0 fully saturated rings. The Morgan fingerprint density at radius 1 is 0.853 bits per heavy atom. The van der Waals surface area contributed by atoms with Crippen molar-refractivity contribution >= 4 is 11.5 Å². The second-order valence-electron chi connectivity index (χ2n) is 7.92. The molecule has 0 saturated heterocycles. The zero-order chi connectivity index (χ0) is 23.5. The highest BCUT2D eigenvalue weighted by Crippen LogP contribution is 2.28. The van der Waals surface area contributed by atoms with Gasteiger partial charge in [0.2, 0.25) is 0 Å². The number of ether oxygens (including phenoxy) is 2. The van der Waals surface area contributed by atoms with E-state index >= 15 is 0 Å². The molecule has 0 spiro atoms. The molecule has 0 aliphatic heterocycles. The summed E-state index contributed by atoms with van der Waals surface area (Å²) >= 11 is 0. The third-order valence-corrected chi connectivity index (χ3v) is 5.76. The summed E-state index contributed by atoms with van der Waals surface area (Å²) in [5, 5.41) is 11.6. The standard InChI is InChI=1S/C25H25N7O2/c1-17-22(12-28-30-17)23-13-26-25-24(27-16-29-32(23)25)31(14-18-4-8-20(33-2)9-5-18)15-19-6-10-21(34-3)11-7-19/h4-13,16H,14-15H2,1-3H3,(H,28,30). The fourth-order valence-electron chi connectivity index (χ4n) is 3.93. The van der Waals surface area contributed by atoms with Crippen LogP contribution in [0.5, 0.6) is 11.5 Å². The lowest BCUT2D eigenvalue weighted by Crippen LogP contribution is -2.24. The molecule has 0 radical (unpaired) electrons. The number of imidazole rings is 1. The molecule has 1 N–H and O–H groups in total. The maximum atomic E-state index is 5.31. The lowest BCUT2D eigenvalue weighted by Gasteiger charge is -2.24. The summed E-state index contributed by atoms with van der Waals surface area (Å²) in [6.45, 7) is 3.24. The van der Waals surface area contributed by atoms with E-state index < -0.39 is 0 Å². The number of rotatable bonds is 8. The SMILES string of the molecule is COc1ccc(CN(Cc2ccc(OC)cc2)c2ncnn3c(-c4cn[nH]c4C)cnc23)cc1. The van der Waals surface area contributed by atoms with E-state index in [1.165, 1.54) is 0 Å². The highest BCUT2D eigenvalue weighted by Gasteiger charge is 2.19. The molecule has 0 atom stereocenters. The van der Waals surface area contributed by atoms with Crippen molar-refractivity contribution in [3.63, 3.8) is 0 Å². The van der Waals surface area contributed by atoms with Gasteiger partial charge >= 0.3 is 0 Å². The second kappa shape index (κ2) is 9.22. The number of methoxy groups -OCH3 is 2. The lowest BCUT2D eigenvalue weighted by atomic mass is 10.1. The normalized spacial score (nSPS) is 11.0. The van der Waals surface area contributed by atoms with Crippen LogP contribution in [-0.2, 0) is 13.1 Å². The van der Waals surface area contributed by atoms with E-state index in [4.69, 9.17) is 9.47 Å². The molecule has 34 heavy (non-hydrogen) atoms. The molecule has 3 aromatic heterocycles. The fourth-order valence-corrected chi connectivity index (χ4v) is 3.93. The first-order valence-electron chi connectivity index (χ1n) is 10.9. The van der Waals surface area contributed by atoms with Crippen LogP contribution in [0.25, 0.3) is 16.9 Å². The van der Waals surface area contributed by atoms with Gasteiger partial charge in [0.15, 0.2) is 11.5 Å². The molecule has 3 heterocycles. The first-order valence-corrected chi connectivity index (χ1v) is 10.9. The van der Waals surface area contributed by atoms with Crippen LogP contribution in [0.2, 0.25) is 0 Å². The second-order valence-corrected chi connectivity index (χ2v) is 7.92. The number of anilines is 1. The summed E-state index contributed by atoms with van der Waals surface area (Å²) in [6.07, 6.45) is 5.16. The first-order chi connectivity index (χ1) is 16.7. The van der Waals surface area contributed by atoms with E-state index in [1.807, 2.05) is 41.9 Å². The molecule has 172 valence electrons. The van der Waals surface area contributed by atoms with Crippen LogP contribution in [-0.4, -0.2) is 44.0 Å². The van der Waals surface area contributed by atoms with Crippen LogP contribution >= 0.6 is 0 Å². The van der Waals surface area contributed by atoms with Gasteiger partial charge in [0, 0.05) is 24.3 Å². The van der Waals surface area contributed by atoms with Crippen LogP contribution in [0.1, 0.15) is 16.8 Å². The molecule has 0 saturated carbocycles. The predicted octanol–water partition coefficient (Wildman–Crippen LogP) is 4.05. The molecular formula is C25H25N7O2. The highest BCUT2D eigenvalue weighted by atomic mass is 16.5. The van der Waals surface area contributed by atoms with Gasteiger partial charge in [-0.2, -0.15) is 10.2 Å². The number of aromatic amines is 1. The Hall–Kier alpha value is -4.40. The summed E-state index contributed by atoms with van der Waals surface area (Å²) in [5.74, 6) is 2.39. The number of aromatic nitrogens is 6. The van der Waals surface area contributed by atoms with Crippen molar-refractivity contribution < 1.29 is 9.47 Å². The maximum Gasteiger partial charge on any atom is 0.197 e. The van der Waals surface area contributed by atoms with Gasteiger partial charge < -0.3 is 14.4 Å². The number of H-pyrrole nitrogens is 1. The van der Waals surface area contributed by atoms with Crippen molar-refractivity contribution in [1.29, 1.82) is 0 Å². The number of hydrogen-bond donors (Lipinski definition) is 1. The molecule has 2 aromatic carbocycles. The van der Waals surface area contributed by atoms with Gasteiger partial charge in [0.25, 0.3) is 0 Å². The van der Waals surface area contributed by atoms with Gasteiger partial charge in [0.05, 0.1) is 32.3 Å². The van der Waals surface area contributed by atoms with Crippen molar-refractivity contribution in [2.75, 3.05) is 19.1 Å². The van der Waals surface area contributed by atoms with E-state index in [0.717, 1.165) is 45.4 Å². The minimum atomic E-state index is 0.635. The monoisotopic (exact) mass is 455 g/mol. The molecule has 5 aromatic rings. The van der Waals surface area contributed by atoms with Crippen LogP contribution in [0, 0.1) is 6.92 Å². The number of nitrogens with one attached hydrogen (secondary N) is 1. The zero-order valence-electron chi connectivity index (χ0n) is 19.3. The van der Waals surface area contributed by atoms with Gasteiger partial charge in [-0.15, -0.1) is 0 Å². The lowest BCUT2D eigenvalue weighted by molar-refractivity contribution is 0.414. The number of fused-ring (bicyclic) bond motifs is 1. The van der Waals surface area contributed by atoms with Crippen LogP contribution < -0.4 is 14.4 Å². The largest absolute Gasteiger partial charge is 0.497 e. The van der Waals surface area contributed by atoms with Crippen LogP contribution in [0.4, 0.5) is 5.82 Å². The fraction of sp³-hybridized carbons (Fsp3) is 0.200.